The molecule has 1 N–H and O–H groups in total. The van der Waals surface area contributed by atoms with Gasteiger partial charge < -0.3 is 9.73 Å². The fourth-order valence-electron chi connectivity index (χ4n) is 0.757. The Balaban J connectivity index is 2.38. The molecule has 0 atom stereocenters. The minimum absolute atomic E-state index is 0.00234. The summed E-state index contributed by atoms with van der Waals surface area (Å²) in [4.78, 5) is 10.8. The van der Waals surface area contributed by atoms with Crippen LogP contribution in [0.3, 0.4) is 0 Å². The molecule has 12 heavy (non-hydrogen) atoms. The van der Waals surface area contributed by atoms with Gasteiger partial charge in [-0.15, -0.1) is 0 Å². The second-order valence-electron chi connectivity index (χ2n) is 2.34. The first-order valence-electron chi connectivity index (χ1n) is 3.73. The smallest absolute Gasteiger partial charge is 0.220 e. The predicted molar refractivity (Wildman–Crippen MR) is 45.9 cm³/mol. The Labute approximate surface area is 75.7 Å². The normalized spacial score (nSPS) is 9.83. The predicted octanol–water partition coefficient (Wildman–Crippen LogP) is 1.96. The van der Waals surface area contributed by atoms with Crippen LogP contribution < -0.4 is 5.32 Å². The summed E-state index contributed by atoms with van der Waals surface area (Å²) in [5, 5.41) is 3.01. The van der Waals surface area contributed by atoms with Gasteiger partial charge in [0.1, 0.15) is 5.76 Å². The lowest BCUT2D eigenvalue weighted by molar-refractivity contribution is -0.121. The number of nitrogens with one attached hydrogen (secondary N) is 1. The third-order valence-corrected chi connectivity index (χ3v) is 1.61. The van der Waals surface area contributed by atoms with Crippen LogP contribution in [-0.4, -0.2) is 5.91 Å². The largest absolute Gasteiger partial charge is 0.448 e. The number of hydrogen-bond donors (Lipinski definition) is 1. The molecule has 0 saturated carbocycles. The van der Waals surface area contributed by atoms with E-state index >= 15 is 0 Å². The zero-order valence-corrected chi connectivity index (χ0v) is 7.52. The quantitative estimate of drug-likeness (QED) is 0.786. The number of furan rings is 1. The second kappa shape index (κ2) is 4.16. The van der Waals surface area contributed by atoms with Gasteiger partial charge in [0.25, 0.3) is 0 Å². The van der Waals surface area contributed by atoms with Crippen molar-refractivity contribution >= 4 is 17.5 Å². The van der Waals surface area contributed by atoms with Crippen LogP contribution in [0.25, 0.3) is 0 Å². The fraction of sp³-hybridized carbons (Fsp3) is 0.375. The summed E-state index contributed by atoms with van der Waals surface area (Å²) >= 11 is 5.53. The standard InChI is InChI=1S/C8H10ClNO2/c1-2-8(11)10-5-6-3-4-7(9)12-6/h3-4H,2,5H2,1H3,(H,10,11). The Morgan fingerprint density at radius 2 is 2.42 bits per heavy atom. The maximum Gasteiger partial charge on any atom is 0.220 e. The van der Waals surface area contributed by atoms with Gasteiger partial charge in [0, 0.05) is 6.42 Å². The van der Waals surface area contributed by atoms with Crippen molar-refractivity contribution in [2.24, 2.45) is 0 Å². The van der Waals surface area contributed by atoms with E-state index in [0.717, 1.165) is 0 Å². The molecule has 1 amide bonds. The van der Waals surface area contributed by atoms with E-state index < -0.39 is 0 Å². The summed E-state index contributed by atoms with van der Waals surface area (Å²) in [6.45, 7) is 2.20. The lowest BCUT2D eigenvalue weighted by atomic mass is 10.4. The number of carbonyl (C=O) groups excluding carboxylic acids is 1. The van der Waals surface area contributed by atoms with E-state index in [1.54, 1.807) is 19.1 Å². The topological polar surface area (TPSA) is 42.2 Å². The van der Waals surface area contributed by atoms with Crippen molar-refractivity contribution in [3.63, 3.8) is 0 Å². The van der Waals surface area contributed by atoms with E-state index in [0.29, 0.717) is 23.9 Å². The van der Waals surface area contributed by atoms with E-state index in [9.17, 15) is 4.79 Å². The van der Waals surface area contributed by atoms with Crippen molar-refractivity contribution in [3.8, 4) is 0 Å². The second-order valence-corrected chi connectivity index (χ2v) is 2.71. The number of hydrogen-bond acceptors (Lipinski definition) is 2. The average Bonchev–Trinajstić information content (AvgIpc) is 2.47. The Morgan fingerprint density at radius 3 is 2.92 bits per heavy atom. The van der Waals surface area contributed by atoms with E-state index in [-0.39, 0.29) is 5.91 Å². The van der Waals surface area contributed by atoms with Gasteiger partial charge in [-0.2, -0.15) is 0 Å². The summed E-state index contributed by atoms with van der Waals surface area (Å²) in [7, 11) is 0. The molecule has 1 aromatic heterocycles. The highest BCUT2D eigenvalue weighted by Crippen LogP contribution is 2.12. The van der Waals surface area contributed by atoms with E-state index in [1.807, 2.05) is 0 Å². The molecule has 4 heteroatoms. The zero-order valence-electron chi connectivity index (χ0n) is 6.76. The summed E-state index contributed by atoms with van der Waals surface area (Å²) < 4.78 is 5.03. The first kappa shape index (κ1) is 9.13. The molecule has 0 spiro atoms. The van der Waals surface area contributed by atoms with Crippen molar-refractivity contribution in [2.75, 3.05) is 0 Å². The lowest BCUT2D eigenvalue weighted by Gasteiger charge is -1.98. The maximum atomic E-state index is 10.8. The molecule has 0 aliphatic rings. The van der Waals surface area contributed by atoms with Gasteiger partial charge in [-0.25, -0.2) is 0 Å². The fourth-order valence-corrected chi connectivity index (χ4v) is 0.920. The Hall–Kier alpha value is -0.960. The summed E-state index contributed by atoms with van der Waals surface area (Å²) in [5.41, 5.74) is 0. The van der Waals surface area contributed by atoms with E-state index in [4.69, 9.17) is 16.0 Å². The van der Waals surface area contributed by atoms with Gasteiger partial charge in [-0.1, -0.05) is 6.92 Å². The van der Waals surface area contributed by atoms with Crippen LogP contribution in [0, 0.1) is 0 Å². The Morgan fingerprint density at radius 1 is 1.67 bits per heavy atom. The summed E-state index contributed by atoms with van der Waals surface area (Å²) in [5.74, 6) is 0.671. The van der Waals surface area contributed by atoms with Gasteiger partial charge in [0.05, 0.1) is 6.54 Å². The molecule has 3 nitrogen and oxygen atoms in total. The first-order valence-corrected chi connectivity index (χ1v) is 4.11. The number of carbonyl (C=O) groups is 1. The van der Waals surface area contributed by atoms with Crippen molar-refractivity contribution in [1.29, 1.82) is 0 Å². The maximum absolute atomic E-state index is 10.8. The minimum atomic E-state index is 0.00234. The minimum Gasteiger partial charge on any atom is -0.448 e. The summed E-state index contributed by atoms with van der Waals surface area (Å²) in [6, 6.07) is 3.38. The SMILES string of the molecule is CCC(=O)NCc1ccc(Cl)o1. The highest BCUT2D eigenvalue weighted by molar-refractivity contribution is 6.28. The molecule has 1 rings (SSSR count). The average molecular weight is 188 g/mol. The van der Waals surface area contributed by atoms with Crippen LogP contribution >= 0.6 is 11.6 Å². The summed E-state index contributed by atoms with van der Waals surface area (Å²) in [6.07, 6.45) is 0.481. The molecule has 1 heterocycles. The van der Waals surface area contributed by atoms with Gasteiger partial charge in [-0.3, -0.25) is 4.79 Å². The number of halogens is 1. The highest BCUT2D eigenvalue weighted by atomic mass is 35.5. The Bertz CT molecular complexity index is 270. The van der Waals surface area contributed by atoms with Crippen molar-refractivity contribution in [1.82, 2.24) is 5.32 Å². The monoisotopic (exact) mass is 187 g/mol. The van der Waals surface area contributed by atoms with Crippen LogP contribution in [0.1, 0.15) is 19.1 Å². The molecule has 0 fully saturated rings. The molecule has 66 valence electrons. The first-order chi connectivity index (χ1) is 5.72. The van der Waals surface area contributed by atoms with Crippen molar-refractivity contribution in [2.45, 2.75) is 19.9 Å². The van der Waals surface area contributed by atoms with Crippen molar-refractivity contribution in [3.05, 3.63) is 23.1 Å². The van der Waals surface area contributed by atoms with Crippen LogP contribution in [0.5, 0.6) is 0 Å². The van der Waals surface area contributed by atoms with Gasteiger partial charge >= 0.3 is 0 Å². The lowest BCUT2D eigenvalue weighted by Crippen LogP contribution is -2.20. The number of amides is 1. The van der Waals surface area contributed by atoms with Crippen LogP contribution in [-0.2, 0) is 11.3 Å². The van der Waals surface area contributed by atoms with Gasteiger partial charge in [-0.05, 0) is 23.7 Å². The molecule has 0 saturated heterocycles. The third-order valence-electron chi connectivity index (χ3n) is 1.41. The Kier molecular flexibility index (Phi) is 3.17. The molecule has 1 aromatic rings. The number of rotatable bonds is 3. The van der Waals surface area contributed by atoms with Crippen LogP contribution in [0.15, 0.2) is 16.5 Å². The van der Waals surface area contributed by atoms with Crippen LogP contribution in [0.4, 0.5) is 0 Å². The molecule has 0 bridgehead atoms. The van der Waals surface area contributed by atoms with E-state index in [2.05, 4.69) is 5.32 Å². The molecular formula is C8H10ClNO2. The molecule has 0 unspecified atom stereocenters. The molecule has 0 radical (unpaired) electrons. The van der Waals surface area contributed by atoms with Gasteiger partial charge in [0.2, 0.25) is 5.91 Å². The highest BCUT2D eigenvalue weighted by Gasteiger charge is 2.00. The molecule has 0 aromatic carbocycles. The molecule has 0 aliphatic heterocycles. The van der Waals surface area contributed by atoms with E-state index in [1.165, 1.54) is 0 Å². The molecule has 0 aliphatic carbocycles. The van der Waals surface area contributed by atoms with Crippen molar-refractivity contribution < 1.29 is 9.21 Å². The molecular weight excluding hydrogens is 178 g/mol. The third kappa shape index (κ3) is 2.58. The zero-order chi connectivity index (χ0) is 8.97. The van der Waals surface area contributed by atoms with Crippen LogP contribution in [0.2, 0.25) is 5.22 Å². The van der Waals surface area contributed by atoms with Gasteiger partial charge in [0.15, 0.2) is 5.22 Å².